The first-order valence-electron chi connectivity index (χ1n) is 5.78. The Kier molecular flexibility index (Phi) is 4.12. The van der Waals surface area contributed by atoms with Crippen molar-refractivity contribution in [1.29, 1.82) is 0 Å². The molecule has 0 saturated carbocycles. The average Bonchev–Trinajstić information content (AvgIpc) is 2.36. The molecule has 1 aliphatic heterocycles. The number of benzene rings is 1. The second-order valence-electron chi connectivity index (χ2n) is 4.32. The van der Waals surface area contributed by atoms with Crippen LogP contribution in [0, 0.1) is 17.5 Å². The molecule has 2 rings (SSSR count). The average molecular weight is 294 g/mol. The summed E-state index contributed by atoms with van der Waals surface area (Å²) < 4.78 is 65.4. The van der Waals surface area contributed by atoms with E-state index in [4.69, 9.17) is 0 Å². The molecule has 1 heterocycles. The molecular weight excluding hydrogens is 281 g/mol. The van der Waals surface area contributed by atoms with Gasteiger partial charge in [0.25, 0.3) is 0 Å². The van der Waals surface area contributed by atoms with Gasteiger partial charge in [0.15, 0.2) is 17.5 Å². The molecule has 106 valence electrons. The molecule has 0 unspecified atom stereocenters. The van der Waals surface area contributed by atoms with Gasteiger partial charge >= 0.3 is 0 Å². The lowest BCUT2D eigenvalue weighted by Gasteiger charge is -2.23. The Morgan fingerprint density at radius 3 is 2.37 bits per heavy atom. The molecule has 0 amide bonds. The topological polar surface area (TPSA) is 58.2 Å². The SMILES string of the molecule is O=S(=O)(NC1CCNCC1)c1ccc(F)c(F)c1F. The number of halogens is 3. The summed E-state index contributed by atoms with van der Waals surface area (Å²) in [5, 5.41) is 3.05. The van der Waals surface area contributed by atoms with Gasteiger partial charge in [0.2, 0.25) is 10.0 Å². The largest absolute Gasteiger partial charge is 0.317 e. The Bertz CT molecular complexity index is 572. The van der Waals surface area contributed by atoms with E-state index in [1.54, 1.807) is 0 Å². The van der Waals surface area contributed by atoms with Gasteiger partial charge < -0.3 is 5.32 Å². The van der Waals surface area contributed by atoms with E-state index >= 15 is 0 Å². The van der Waals surface area contributed by atoms with Crippen molar-refractivity contribution in [3.63, 3.8) is 0 Å². The molecule has 0 aliphatic carbocycles. The van der Waals surface area contributed by atoms with Crippen LogP contribution in [0.1, 0.15) is 12.8 Å². The van der Waals surface area contributed by atoms with Crippen LogP contribution in [0.3, 0.4) is 0 Å². The Morgan fingerprint density at radius 2 is 1.74 bits per heavy atom. The predicted molar refractivity (Wildman–Crippen MR) is 62.5 cm³/mol. The highest BCUT2D eigenvalue weighted by Crippen LogP contribution is 2.20. The predicted octanol–water partition coefficient (Wildman–Crippen LogP) is 1.13. The molecule has 0 atom stereocenters. The summed E-state index contributed by atoms with van der Waals surface area (Å²) in [5.41, 5.74) is 0. The van der Waals surface area contributed by atoms with Gasteiger partial charge in [-0.25, -0.2) is 26.3 Å². The van der Waals surface area contributed by atoms with E-state index in [-0.39, 0.29) is 6.04 Å². The van der Waals surface area contributed by atoms with Crippen LogP contribution in [-0.2, 0) is 10.0 Å². The van der Waals surface area contributed by atoms with Gasteiger partial charge in [0.1, 0.15) is 4.90 Å². The zero-order chi connectivity index (χ0) is 14.0. The second kappa shape index (κ2) is 5.48. The van der Waals surface area contributed by atoms with Gasteiger partial charge in [-0.2, -0.15) is 0 Å². The fourth-order valence-electron chi connectivity index (χ4n) is 1.94. The number of hydrogen-bond acceptors (Lipinski definition) is 3. The third-order valence-corrected chi connectivity index (χ3v) is 4.49. The lowest BCUT2D eigenvalue weighted by Crippen LogP contribution is -2.42. The highest BCUT2D eigenvalue weighted by molar-refractivity contribution is 7.89. The van der Waals surface area contributed by atoms with Crippen molar-refractivity contribution in [2.45, 2.75) is 23.8 Å². The summed E-state index contributed by atoms with van der Waals surface area (Å²) in [6, 6.07) is 0.978. The third kappa shape index (κ3) is 3.07. The zero-order valence-electron chi connectivity index (χ0n) is 9.92. The van der Waals surface area contributed by atoms with E-state index in [0.717, 1.165) is 6.07 Å². The van der Waals surface area contributed by atoms with Crippen LogP contribution in [0.15, 0.2) is 17.0 Å². The molecule has 2 N–H and O–H groups in total. The summed E-state index contributed by atoms with van der Waals surface area (Å²) in [4.78, 5) is -0.870. The van der Waals surface area contributed by atoms with Crippen LogP contribution >= 0.6 is 0 Å². The van der Waals surface area contributed by atoms with Crippen LogP contribution in [0.2, 0.25) is 0 Å². The number of rotatable bonds is 3. The van der Waals surface area contributed by atoms with Gasteiger partial charge in [-0.1, -0.05) is 0 Å². The van der Waals surface area contributed by atoms with Crippen molar-refractivity contribution in [1.82, 2.24) is 10.0 Å². The minimum Gasteiger partial charge on any atom is -0.317 e. The highest BCUT2D eigenvalue weighted by atomic mass is 32.2. The molecule has 19 heavy (non-hydrogen) atoms. The Labute approximate surface area is 109 Å². The molecule has 0 aromatic heterocycles. The Balaban J connectivity index is 2.26. The molecule has 0 radical (unpaired) electrons. The van der Waals surface area contributed by atoms with E-state index in [0.29, 0.717) is 32.0 Å². The van der Waals surface area contributed by atoms with E-state index in [9.17, 15) is 21.6 Å². The molecule has 8 heteroatoms. The summed E-state index contributed by atoms with van der Waals surface area (Å²) in [7, 11) is -4.19. The van der Waals surface area contributed by atoms with Crippen molar-refractivity contribution in [3.05, 3.63) is 29.6 Å². The normalized spacial score (nSPS) is 17.6. The Hall–Kier alpha value is -1.12. The van der Waals surface area contributed by atoms with Crippen molar-refractivity contribution < 1.29 is 21.6 Å². The quantitative estimate of drug-likeness (QED) is 0.822. The summed E-state index contributed by atoms with van der Waals surface area (Å²) in [5.74, 6) is -4.90. The molecule has 0 spiro atoms. The summed E-state index contributed by atoms with van der Waals surface area (Å²) >= 11 is 0. The maximum atomic E-state index is 13.5. The third-order valence-electron chi connectivity index (χ3n) is 2.95. The van der Waals surface area contributed by atoms with E-state index in [2.05, 4.69) is 10.0 Å². The van der Waals surface area contributed by atoms with Gasteiger partial charge in [-0.3, -0.25) is 0 Å². The lowest BCUT2D eigenvalue weighted by atomic mass is 10.1. The minimum atomic E-state index is -4.19. The Morgan fingerprint density at radius 1 is 1.11 bits per heavy atom. The maximum absolute atomic E-state index is 13.5. The fraction of sp³-hybridized carbons (Fsp3) is 0.455. The highest BCUT2D eigenvalue weighted by Gasteiger charge is 2.27. The molecule has 1 aromatic carbocycles. The molecule has 1 aromatic rings. The first-order chi connectivity index (χ1) is 8.92. The molecule has 4 nitrogen and oxygen atoms in total. The lowest BCUT2D eigenvalue weighted by molar-refractivity contribution is 0.418. The van der Waals surface area contributed by atoms with Gasteiger partial charge in [-0.05, 0) is 38.1 Å². The van der Waals surface area contributed by atoms with E-state index in [1.807, 2.05) is 0 Å². The first kappa shape index (κ1) is 14.3. The summed E-state index contributed by atoms with van der Waals surface area (Å²) in [6.07, 6.45) is 1.12. The van der Waals surface area contributed by atoms with Gasteiger partial charge in [0.05, 0.1) is 0 Å². The maximum Gasteiger partial charge on any atom is 0.243 e. The minimum absolute atomic E-state index is 0.334. The molecule has 1 saturated heterocycles. The van der Waals surface area contributed by atoms with Crippen LogP contribution in [0.5, 0.6) is 0 Å². The van der Waals surface area contributed by atoms with Crippen LogP contribution < -0.4 is 10.0 Å². The zero-order valence-corrected chi connectivity index (χ0v) is 10.7. The molecule has 1 aliphatic rings. The number of sulfonamides is 1. The molecule has 0 bridgehead atoms. The standard InChI is InChI=1S/C11H13F3N2O2S/c12-8-1-2-9(11(14)10(8)13)19(17,18)16-7-3-5-15-6-4-7/h1-2,7,15-16H,3-6H2. The van der Waals surface area contributed by atoms with E-state index in [1.165, 1.54) is 0 Å². The molecular formula is C11H13F3N2O2S. The monoisotopic (exact) mass is 294 g/mol. The van der Waals surface area contributed by atoms with Crippen molar-refractivity contribution in [2.24, 2.45) is 0 Å². The van der Waals surface area contributed by atoms with E-state index < -0.39 is 32.4 Å². The van der Waals surface area contributed by atoms with Crippen molar-refractivity contribution >= 4 is 10.0 Å². The van der Waals surface area contributed by atoms with Gasteiger partial charge in [-0.15, -0.1) is 0 Å². The first-order valence-corrected chi connectivity index (χ1v) is 7.26. The van der Waals surface area contributed by atoms with Crippen LogP contribution in [0.25, 0.3) is 0 Å². The van der Waals surface area contributed by atoms with Crippen molar-refractivity contribution in [3.8, 4) is 0 Å². The number of nitrogens with one attached hydrogen (secondary N) is 2. The van der Waals surface area contributed by atoms with Crippen LogP contribution in [-0.4, -0.2) is 27.5 Å². The number of hydrogen-bond donors (Lipinski definition) is 2. The van der Waals surface area contributed by atoms with Gasteiger partial charge in [0, 0.05) is 6.04 Å². The van der Waals surface area contributed by atoms with Crippen molar-refractivity contribution in [2.75, 3.05) is 13.1 Å². The number of piperidine rings is 1. The second-order valence-corrected chi connectivity index (χ2v) is 6.00. The smallest absolute Gasteiger partial charge is 0.243 e. The van der Waals surface area contributed by atoms with Crippen LogP contribution in [0.4, 0.5) is 13.2 Å². The molecule has 1 fully saturated rings. The fourth-order valence-corrected chi connectivity index (χ4v) is 3.31. The summed E-state index contributed by atoms with van der Waals surface area (Å²) in [6.45, 7) is 1.29.